The van der Waals surface area contributed by atoms with E-state index in [4.69, 9.17) is 9.47 Å². The van der Waals surface area contributed by atoms with Gasteiger partial charge < -0.3 is 14.0 Å². The SMILES string of the molecule is COc1cccc(OC)c1C(=O)[PH](=O)CC(C)C(C)(C)C. The molecule has 118 valence electrons. The van der Waals surface area contributed by atoms with E-state index in [0.29, 0.717) is 17.7 Å². The topological polar surface area (TPSA) is 52.6 Å². The lowest BCUT2D eigenvalue weighted by Gasteiger charge is -2.26. The molecule has 0 aliphatic carbocycles. The molecule has 0 spiro atoms. The van der Waals surface area contributed by atoms with Gasteiger partial charge in [-0.25, -0.2) is 0 Å². The quantitative estimate of drug-likeness (QED) is 0.743. The third-order valence-corrected chi connectivity index (χ3v) is 5.62. The third-order valence-electron chi connectivity index (χ3n) is 3.88. The maximum atomic E-state index is 12.5. The van der Waals surface area contributed by atoms with Gasteiger partial charge in [0, 0.05) is 6.16 Å². The minimum atomic E-state index is -2.41. The Morgan fingerprint density at radius 3 is 2.05 bits per heavy atom. The molecule has 0 bridgehead atoms. The summed E-state index contributed by atoms with van der Waals surface area (Å²) in [5.41, 5.74) is -0.0660. The monoisotopic (exact) mass is 312 g/mol. The van der Waals surface area contributed by atoms with Crippen molar-refractivity contribution < 1.29 is 18.8 Å². The van der Waals surface area contributed by atoms with Crippen LogP contribution in [0.1, 0.15) is 38.1 Å². The zero-order chi connectivity index (χ0) is 16.2. The Morgan fingerprint density at radius 2 is 1.67 bits per heavy atom. The molecule has 0 amide bonds. The van der Waals surface area contributed by atoms with Crippen molar-refractivity contribution in [3.05, 3.63) is 23.8 Å². The van der Waals surface area contributed by atoms with Gasteiger partial charge in [-0.3, -0.25) is 4.79 Å². The number of benzene rings is 1. The van der Waals surface area contributed by atoms with Crippen molar-refractivity contribution in [1.29, 1.82) is 0 Å². The summed E-state index contributed by atoms with van der Waals surface area (Å²) in [6.45, 7) is 8.28. The summed E-state index contributed by atoms with van der Waals surface area (Å²) >= 11 is 0. The number of rotatable bonds is 6. The predicted molar refractivity (Wildman–Crippen MR) is 86.4 cm³/mol. The van der Waals surface area contributed by atoms with Gasteiger partial charge in [-0.1, -0.05) is 33.8 Å². The molecule has 0 N–H and O–H groups in total. The largest absolute Gasteiger partial charge is 0.496 e. The van der Waals surface area contributed by atoms with E-state index in [-0.39, 0.29) is 22.4 Å². The van der Waals surface area contributed by atoms with Gasteiger partial charge in [0.05, 0.1) is 14.2 Å². The fourth-order valence-corrected chi connectivity index (χ4v) is 3.77. The van der Waals surface area contributed by atoms with Crippen molar-refractivity contribution in [3.8, 4) is 11.5 Å². The molecule has 1 aromatic rings. The van der Waals surface area contributed by atoms with E-state index in [9.17, 15) is 9.36 Å². The average Bonchev–Trinajstić information content (AvgIpc) is 2.44. The van der Waals surface area contributed by atoms with Gasteiger partial charge in [-0.05, 0) is 23.5 Å². The Hall–Kier alpha value is -1.28. The molecule has 5 heteroatoms. The van der Waals surface area contributed by atoms with Crippen LogP contribution < -0.4 is 9.47 Å². The molecule has 1 aromatic carbocycles. The van der Waals surface area contributed by atoms with Gasteiger partial charge in [-0.2, -0.15) is 0 Å². The van der Waals surface area contributed by atoms with E-state index in [0.717, 1.165) is 0 Å². The summed E-state index contributed by atoms with van der Waals surface area (Å²) in [4.78, 5) is 12.5. The molecule has 2 unspecified atom stereocenters. The molecule has 2 atom stereocenters. The van der Waals surface area contributed by atoms with Crippen LogP contribution in [0, 0.1) is 11.3 Å². The van der Waals surface area contributed by atoms with E-state index in [1.165, 1.54) is 14.2 Å². The first-order chi connectivity index (χ1) is 9.72. The Balaban J connectivity index is 3.06. The van der Waals surface area contributed by atoms with Crippen LogP contribution in [0.25, 0.3) is 0 Å². The zero-order valence-corrected chi connectivity index (χ0v) is 14.6. The molecular formula is C16H25O4P. The van der Waals surface area contributed by atoms with E-state index in [1.54, 1.807) is 18.2 Å². The Kier molecular flexibility index (Phi) is 6.03. The summed E-state index contributed by atoms with van der Waals surface area (Å²) in [5.74, 6) is 0.996. The first-order valence-electron chi connectivity index (χ1n) is 7.00. The molecule has 0 aliphatic heterocycles. The lowest BCUT2D eigenvalue weighted by molar-refractivity contribution is 0.107. The fourth-order valence-electron chi connectivity index (χ4n) is 1.89. The number of hydrogen-bond donors (Lipinski definition) is 0. The highest BCUT2D eigenvalue weighted by Crippen LogP contribution is 2.41. The molecule has 0 saturated heterocycles. The van der Waals surface area contributed by atoms with E-state index in [2.05, 4.69) is 20.8 Å². The van der Waals surface area contributed by atoms with Crippen LogP contribution in [-0.2, 0) is 4.57 Å². The van der Waals surface area contributed by atoms with E-state index >= 15 is 0 Å². The van der Waals surface area contributed by atoms with Crippen LogP contribution in [0.15, 0.2) is 18.2 Å². The van der Waals surface area contributed by atoms with Gasteiger partial charge in [0.15, 0.2) is 0 Å². The predicted octanol–water partition coefficient (Wildman–Crippen LogP) is 4.09. The standard InChI is InChI=1S/C16H25O4P/c1-11(16(2,3)4)10-21(18)15(17)14-12(19-5)8-7-9-13(14)20-6/h7-9,11,21H,10H2,1-6H3. The van der Waals surface area contributed by atoms with Crippen LogP contribution in [0.4, 0.5) is 0 Å². The number of ether oxygens (including phenoxy) is 2. The Bertz CT molecular complexity index is 509. The van der Waals surface area contributed by atoms with Gasteiger partial charge in [0.1, 0.15) is 24.9 Å². The molecule has 0 fully saturated rings. The smallest absolute Gasteiger partial charge is 0.225 e. The lowest BCUT2D eigenvalue weighted by Crippen LogP contribution is -2.20. The van der Waals surface area contributed by atoms with Crippen molar-refractivity contribution in [2.75, 3.05) is 20.4 Å². The van der Waals surface area contributed by atoms with Gasteiger partial charge >= 0.3 is 0 Å². The van der Waals surface area contributed by atoms with Gasteiger partial charge in [-0.15, -0.1) is 0 Å². The molecule has 0 aromatic heterocycles. The van der Waals surface area contributed by atoms with Crippen LogP contribution in [0.2, 0.25) is 0 Å². The molecule has 0 saturated carbocycles. The van der Waals surface area contributed by atoms with Crippen molar-refractivity contribution in [2.45, 2.75) is 27.7 Å². The van der Waals surface area contributed by atoms with Crippen molar-refractivity contribution >= 4 is 13.3 Å². The normalized spacial score (nSPS) is 14.4. The number of carbonyl (C=O) groups excluding carboxylic acids is 1. The summed E-state index contributed by atoms with van der Waals surface area (Å²) in [6, 6.07) is 5.10. The van der Waals surface area contributed by atoms with Crippen LogP contribution in [0.5, 0.6) is 11.5 Å². The summed E-state index contributed by atoms with van der Waals surface area (Å²) in [7, 11) is 0.559. The van der Waals surface area contributed by atoms with Crippen molar-refractivity contribution in [1.82, 2.24) is 0 Å². The molecule has 0 aliphatic rings. The highest BCUT2D eigenvalue weighted by Gasteiger charge is 2.28. The molecule has 4 nitrogen and oxygen atoms in total. The van der Waals surface area contributed by atoms with Crippen LogP contribution >= 0.6 is 7.80 Å². The van der Waals surface area contributed by atoms with Crippen LogP contribution in [0.3, 0.4) is 0 Å². The minimum absolute atomic E-state index is 0.0193. The van der Waals surface area contributed by atoms with Crippen molar-refractivity contribution in [3.63, 3.8) is 0 Å². The van der Waals surface area contributed by atoms with Gasteiger partial charge in [0.2, 0.25) is 5.52 Å². The second-order valence-corrected chi connectivity index (χ2v) is 7.97. The second-order valence-electron chi connectivity index (χ2n) is 6.26. The Labute approximate surface area is 127 Å². The average molecular weight is 312 g/mol. The number of carbonyl (C=O) groups is 1. The minimum Gasteiger partial charge on any atom is -0.496 e. The molecule has 21 heavy (non-hydrogen) atoms. The van der Waals surface area contributed by atoms with Crippen LogP contribution in [-0.4, -0.2) is 25.9 Å². The van der Waals surface area contributed by atoms with E-state index < -0.39 is 7.80 Å². The maximum absolute atomic E-state index is 12.5. The molecule has 0 heterocycles. The summed E-state index contributed by atoms with van der Waals surface area (Å²) < 4.78 is 22.9. The zero-order valence-electron chi connectivity index (χ0n) is 13.6. The lowest BCUT2D eigenvalue weighted by atomic mass is 9.83. The fraction of sp³-hybridized carbons (Fsp3) is 0.562. The molecular weight excluding hydrogens is 287 g/mol. The highest BCUT2D eigenvalue weighted by atomic mass is 31.1. The highest BCUT2D eigenvalue weighted by molar-refractivity contribution is 7.64. The summed E-state index contributed by atoms with van der Waals surface area (Å²) in [6.07, 6.45) is 0.397. The summed E-state index contributed by atoms with van der Waals surface area (Å²) in [5, 5.41) is 0. The maximum Gasteiger partial charge on any atom is 0.225 e. The molecule has 0 radical (unpaired) electrons. The first-order valence-corrected chi connectivity index (χ1v) is 8.62. The Morgan fingerprint density at radius 1 is 1.19 bits per heavy atom. The third kappa shape index (κ3) is 4.34. The number of methoxy groups -OCH3 is 2. The number of hydrogen-bond acceptors (Lipinski definition) is 4. The van der Waals surface area contributed by atoms with E-state index in [1.807, 2.05) is 6.92 Å². The van der Waals surface area contributed by atoms with Gasteiger partial charge in [0.25, 0.3) is 0 Å². The second kappa shape index (κ2) is 7.13. The van der Waals surface area contributed by atoms with Crippen molar-refractivity contribution in [2.24, 2.45) is 11.3 Å². The first kappa shape index (κ1) is 17.8. The molecule has 1 rings (SSSR count).